The van der Waals surface area contributed by atoms with Gasteiger partial charge in [-0.15, -0.1) is 21.5 Å². The summed E-state index contributed by atoms with van der Waals surface area (Å²) < 4.78 is 7.66. The highest BCUT2D eigenvalue weighted by atomic mass is 32.1. The van der Waals surface area contributed by atoms with Gasteiger partial charge in [0.1, 0.15) is 11.6 Å². The summed E-state index contributed by atoms with van der Waals surface area (Å²) in [6, 6.07) is 4.37. The number of morpholine rings is 1. The second-order valence-electron chi connectivity index (χ2n) is 7.08. The standard InChI is InChI=1S/C18H27N5OS/c1-21-17(14-22-7-9-24-10-8-22)19-20-18(21)15-4-2-6-23(12-15)13-16-5-3-11-25-16/h3,5,11,15H,2,4,6-10,12-14H2,1H3/t15-/m0/s1. The third kappa shape index (κ3) is 4.11. The van der Waals surface area contributed by atoms with E-state index in [0.717, 1.165) is 57.6 Å². The Bertz CT molecular complexity index is 665. The highest BCUT2D eigenvalue weighted by Gasteiger charge is 2.26. The van der Waals surface area contributed by atoms with Gasteiger partial charge in [0, 0.05) is 44.0 Å². The van der Waals surface area contributed by atoms with Crippen LogP contribution in [0.2, 0.25) is 0 Å². The summed E-state index contributed by atoms with van der Waals surface area (Å²) in [4.78, 5) is 6.42. The summed E-state index contributed by atoms with van der Waals surface area (Å²) in [5.74, 6) is 2.72. The minimum Gasteiger partial charge on any atom is -0.379 e. The van der Waals surface area contributed by atoms with Gasteiger partial charge in [-0.3, -0.25) is 9.80 Å². The lowest BCUT2D eigenvalue weighted by atomic mass is 9.97. The highest BCUT2D eigenvalue weighted by molar-refractivity contribution is 7.09. The average molecular weight is 362 g/mol. The lowest BCUT2D eigenvalue weighted by molar-refractivity contribution is 0.0326. The fourth-order valence-electron chi connectivity index (χ4n) is 3.86. The minimum atomic E-state index is 0.490. The van der Waals surface area contributed by atoms with Crippen LogP contribution in [0, 0.1) is 0 Å². The molecule has 0 bridgehead atoms. The summed E-state index contributed by atoms with van der Waals surface area (Å²) in [5.41, 5.74) is 0. The van der Waals surface area contributed by atoms with Crippen LogP contribution in [0.5, 0.6) is 0 Å². The van der Waals surface area contributed by atoms with Gasteiger partial charge in [-0.25, -0.2) is 0 Å². The topological polar surface area (TPSA) is 46.4 Å². The summed E-state index contributed by atoms with van der Waals surface area (Å²) in [6.07, 6.45) is 2.45. The van der Waals surface area contributed by atoms with Crippen molar-refractivity contribution in [3.8, 4) is 0 Å². The molecule has 2 aromatic heterocycles. The Kier molecular flexibility index (Phi) is 5.45. The number of thiophene rings is 1. The van der Waals surface area contributed by atoms with Crippen molar-refractivity contribution in [2.45, 2.75) is 31.8 Å². The molecule has 0 N–H and O–H groups in total. The van der Waals surface area contributed by atoms with E-state index in [-0.39, 0.29) is 0 Å². The summed E-state index contributed by atoms with van der Waals surface area (Å²) in [6.45, 7) is 7.83. The zero-order valence-electron chi connectivity index (χ0n) is 14.9. The fraction of sp³-hybridized carbons (Fsp3) is 0.667. The summed E-state index contributed by atoms with van der Waals surface area (Å²) in [5, 5.41) is 11.2. The Labute approximate surface area is 153 Å². The van der Waals surface area contributed by atoms with E-state index in [4.69, 9.17) is 4.74 Å². The molecular formula is C18H27N5OS. The van der Waals surface area contributed by atoms with Crippen molar-refractivity contribution in [1.29, 1.82) is 0 Å². The number of nitrogens with zero attached hydrogens (tertiary/aromatic N) is 5. The van der Waals surface area contributed by atoms with Crippen LogP contribution in [0.25, 0.3) is 0 Å². The molecule has 25 heavy (non-hydrogen) atoms. The first-order valence-corrected chi connectivity index (χ1v) is 10.1. The number of hydrogen-bond donors (Lipinski definition) is 0. The van der Waals surface area contributed by atoms with Crippen molar-refractivity contribution in [2.75, 3.05) is 39.4 Å². The van der Waals surface area contributed by atoms with Crippen molar-refractivity contribution in [1.82, 2.24) is 24.6 Å². The molecule has 0 saturated carbocycles. The average Bonchev–Trinajstić information content (AvgIpc) is 3.27. The van der Waals surface area contributed by atoms with Gasteiger partial charge in [-0.05, 0) is 30.8 Å². The molecule has 6 nitrogen and oxygen atoms in total. The van der Waals surface area contributed by atoms with Crippen LogP contribution in [0.15, 0.2) is 17.5 Å². The fourth-order valence-corrected chi connectivity index (χ4v) is 4.61. The molecule has 136 valence electrons. The second kappa shape index (κ2) is 7.95. The molecule has 1 atom stereocenters. The molecule has 0 amide bonds. The van der Waals surface area contributed by atoms with Crippen LogP contribution in [0.3, 0.4) is 0 Å². The van der Waals surface area contributed by atoms with E-state index < -0.39 is 0 Å². The molecule has 4 rings (SSSR count). The van der Waals surface area contributed by atoms with Gasteiger partial charge in [0.15, 0.2) is 0 Å². The second-order valence-corrected chi connectivity index (χ2v) is 8.11. The molecular weight excluding hydrogens is 334 g/mol. The molecule has 2 aliphatic rings. The maximum Gasteiger partial charge on any atom is 0.146 e. The van der Waals surface area contributed by atoms with E-state index in [1.54, 1.807) is 0 Å². The number of piperidine rings is 1. The molecule has 0 aliphatic carbocycles. The third-order valence-corrected chi connectivity index (χ3v) is 6.16. The number of hydrogen-bond acceptors (Lipinski definition) is 6. The molecule has 2 aliphatic heterocycles. The van der Waals surface area contributed by atoms with Crippen LogP contribution in [-0.4, -0.2) is 64.0 Å². The highest BCUT2D eigenvalue weighted by Crippen LogP contribution is 2.27. The molecule has 0 spiro atoms. The van der Waals surface area contributed by atoms with Gasteiger partial charge in [0.2, 0.25) is 0 Å². The van der Waals surface area contributed by atoms with Crippen LogP contribution in [0.1, 0.15) is 35.3 Å². The molecule has 4 heterocycles. The summed E-state index contributed by atoms with van der Waals surface area (Å²) in [7, 11) is 2.13. The minimum absolute atomic E-state index is 0.490. The van der Waals surface area contributed by atoms with E-state index in [2.05, 4.69) is 49.1 Å². The lowest BCUT2D eigenvalue weighted by Crippen LogP contribution is -2.36. The van der Waals surface area contributed by atoms with Crippen molar-refractivity contribution >= 4 is 11.3 Å². The predicted octanol–water partition coefficient (Wildman–Crippen LogP) is 2.09. The quantitative estimate of drug-likeness (QED) is 0.816. The zero-order valence-corrected chi connectivity index (χ0v) is 15.7. The van der Waals surface area contributed by atoms with E-state index in [9.17, 15) is 0 Å². The largest absolute Gasteiger partial charge is 0.379 e. The van der Waals surface area contributed by atoms with Crippen molar-refractivity contribution < 1.29 is 4.74 Å². The molecule has 2 saturated heterocycles. The van der Waals surface area contributed by atoms with E-state index in [1.165, 1.54) is 24.3 Å². The Balaban J connectivity index is 1.40. The molecule has 2 fully saturated rings. The molecule has 0 radical (unpaired) electrons. The predicted molar refractivity (Wildman–Crippen MR) is 98.7 cm³/mol. The van der Waals surface area contributed by atoms with E-state index in [0.29, 0.717) is 5.92 Å². The van der Waals surface area contributed by atoms with E-state index >= 15 is 0 Å². The first-order chi connectivity index (χ1) is 12.3. The first-order valence-electron chi connectivity index (χ1n) is 9.22. The molecule has 7 heteroatoms. The summed E-state index contributed by atoms with van der Waals surface area (Å²) >= 11 is 1.85. The number of likely N-dealkylation sites (tertiary alicyclic amines) is 1. The van der Waals surface area contributed by atoms with Gasteiger partial charge < -0.3 is 9.30 Å². The maximum atomic E-state index is 5.43. The van der Waals surface area contributed by atoms with Crippen LogP contribution in [0.4, 0.5) is 0 Å². The van der Waals surface area contributed by atoms with Crippen molar-refractivity contribution in [3.05, 3.63) is 34.0 Å². The first kappa shape index (κ1) is 17.1. The lowest BCUT2D eigenvalue weighted by Gasteiger charge is -2.32. The maximum absolute atomic E-state index is 5.43. The van der Waals surface area contributed by atoms with Crippen molar-refractivity contribution in [2.24, 2.45) is 7.05 Å². The Morgan fingerprint density at radius 2 is 2.04 bits per heavy atom. The smallest absolute Gasteiger partial charge is 0.146 e. The molecule has 0 aromatic carbocycles. The van der Waals surface area contributed by atoms with Gasteiger partial charge in [-0.1, -0.05) is 6.07 Å². The number of aromatic nitrogens is 3. The molecule has 2 aromatic rings. The van der Waals surface area contributed by atoms with Crippen LogP contribution in [-0.2, 0) is 24.9 Å². The monoisotopic (exact) mass is 361 g/mol. The Morgan fingerprint density at radius 3 is 2.84 bits per heavy atom. The Hall–Kier alpha value is -1.28. The Morgan fingerprint density at radius 1 is 1.16 bits per heavy atom. The van der Waals surface area contributed by atoms with Crippen LogP contribution < -0.4 is 0 Å². The third-order valence-electron chi connectivity index (χ3n) is 5.30. The van der Waals surface area contributed by atoms with Gasteiger partial charge in [-0.2, -0.15) is 0 Å². The van der Waals surface area contributed by atoms with Gasteiger partial charge in [0.25, 0.3) is 0 Å². The number of rotatable bonds is 5. The molecule has 0 unspecified atom stereocenters. The normalized spacial score (nSPS) is 23.2. The SMILES string of the molecule is Cn1c(CN2CCOCC2)nnc1[C@H]1CCCN(Cc2cccs2)C1. The van der Waals surface area contributed by atoms with Gasteiger partial charge in [0.05, 0.1) is 19.8 Å². The zero-order chi connectivity index (χ0) is 17.1. The van der Waals surface area contributed by atoms with Crippen molar-refractivity contribution in [3.63, 3.8) is 0 Å². The van der Waals surface area contributed by atoms with E-state index in [1.807, 2.05) is 11.3 Å². The van der Waals surface area contributed by atoms with Crippen LogP contribution >= 0.6 is 11.3 Å². The number of ether oxygens (including phenoxy) is 1. The van der Waals surface area contributed by atoms with Gasteiger partial charge >= 0.3 is 0 Å².